The summed E-state index contributed by atoms with van der Waals surface area (Å²) in [6.45, 7) is 3.72. The maximum Gasteiger partial charge on any atom is 0.249 e. The van der Waals surface area contributed by atoms with Crippen LogP contribution in [0.15, 0.2) is 0 Å². The lowest BCUT2D eigenvalue weighted by Gasteiger charge is -2.26. The molecular weight excluding hydrogens is 208 g/mol. The summed E-state index contributed by atoms with van der Waals surface area (Å²) in [5.74, 6) is 0.00822. The number of amides is 1. The number of hydrogen-bond donors (Lipinski definition) is 2. The Morgan fingerprint density at radius 1 is 1.31 bits per heavy atom. The number of ether oxygens (including phenoxy) is 2. The summed E-state index contributed by atoms with van der Waals surface area (Å²) < 4.78 is 10.9. The molecule has 5 nitrogen and oxygen atoms in total. The number of rotatable bonds is 3. The summed E-state index contributed by atoms with van der Waals surface area (Å²) in [7, 11) is 0. The van der Waals surface area contributed by atoms with Gasteiger partial charge in [-0.05, 0) is 19.3 Å². The molecule has 0 aromatic rings. The van der Waals surface area contributed by atoms with Gasteiger partial charge < -0.3 is 20.1 Å². The van der Waals surface area contributed by atoms with E-state index in [1.807, 2.05) is 0 Å². The molecule has 2 rings (SSSR count). The van der Waals surface area contributed by atoms with E-state index in [4.69, 9.17) is 9.47 Å². The third kappa shape index (κ3) is 3.43. The van der Waals surface area contributed by atoms with Gasteiger partial charge in [-0.25, -0.2) is 0 Å². The molecule has 2 aliphatic rings. The lowest BCUT2D eigenvalue weighted by Crippen LogP contribution is -2.47. The van der Waals surface area contributed by atoms with Gasteiger partial charge in [-0.1, -0.05) is 0 Å². The average Bonchev–Trinajstić information content (AvgIpc) is 2.38. The predicted octanol–water partition coefficient (Wildman–Crippen LogP) is -0.340. The van der Waals surface area contributed by atoms with Gasteiger partial charge in [0.15, 0.2) is 0 Å². The van der Waals surface area contributed by atoms with Gasteiger partial charge >= 0.3 is 0 Å². The molecular formula is C11H20N2O3. The van der Waals surface area contributed by atoms with E-state index in [9.17, 15) is 4.79 Å². The van der Waals surface area contributed by atoms with Crippen molar-refractivity contribution in [1.29, 1.82) is 0 Å². The number of hydrogen-bond acceptors (Lipinski definition) is 4. The Balaban J connectivity index is 1.65. The monoisotopic (exact) mass is 228 g/mol. The van der Waals surface area contributed by atoms with Crippen LogP contribution in [0.3, 0.4) is 0 Å². The minimum Gasteiger partial charge on any atom is -0.374 e. The van der Waals surface area contributed by atoms with Crippen LogP contribution in [0.5, 0.6) is 0 Å². The van der Waals surface area contributed by atoms with Crippen LogP contribution in [0.2, 0.25) is 0 Å². The molecule has 0 aromatic carbocycles. The van der Waals surface area contributed by atoms with Crippen molar-refractivity contribution in [3.05, 3.63) is 0 Å². The highest BCUT2D eigenvalue weighted by atomic mass is 16.5. The lowest BCUT2D eigenvalue weighted by atomic mass is 10.1. The molecule has 0 spiro atoms. The van der Waals surface area contributed by atoms with Crippen LogP contribution in [0.25, 0.3) is 0 Å². The number of nitrogens with one attached hydrogen (secondary N) is 2. The third-order valence-corrected chi connectivity index (χ3v) is 2.98. The van der Waals surface area contributed by atoms with Crippen LogP contribution in [0.4, 0.5) is 0 Å². The van der Waals surface area contributed by atoms with Gasteiger partial charge in [0.2, 0.25) is 5.91 Å². The molecule has 1 amide bonds. The Bertz CT molecular complexity index is 223. The molecule has 5 heteroatoms. The van der Waals surface area contributed by atoms with Crippen LogP contribution in [-0.4, -0.2) is 51.0 Å². The second-order valence-electron chi connectivity index (χ2n) is 4.30. The first kappa shape index (κ1) is 11.8. The molecule has 0 saturated carbocycles. The van der Waals surface area contributed by atoms with E-state index >= 15 is 0 Å². The maximum atomic E-state index is 11.7. The van der Waals surface area contributed by atoms with Crippen molar-refractivity contribution in [3.8, 4) is 0 Å². The molecule has 2 N–H and O–H groups in total. The van der Waals surface area contributed by atoms with Crippen LogP contribution in [-0.2, 0) is 14.3 Å². The van der Waals surface area contributed by atoms with Crippen molar-refractivity contribution in [2.24, 2.45) is 0 Å². The highest BCUT2D eigenvalue weighted by Gasteiger charge is 2.23. The SMILES string of the molecule is O=C(NCC1CNCCO1)C1CCCCO1. The van der Waals surface area contributed by atoms with Crippen molar-refractivity contribution < 1.29 is 14.3 Å². The van der Waals surface area contributed by atoms with E-state index in [1.54, 1.807) is 0 Å². The van der Waals surface area contributed by atoms with Gasteiger partial charge in [0.1, 0.15) is 6.10 Å². The quantitative estimate of drug-likeness (QED) is 0.694. The van der Waals surface area contributed by atoms with Crippen molar-refractivity contribution >= 4 is 5.91 Å². The van der Waals surface area contributed by atoms with Gasteiger partial charge in [-0.15, -0.1) is 0 Å². The molecule has 2 fully saturated rings. The normalized spacial score (nSPS) is 31.0. The maximum absolute atomic E-state index is 11.7. The molecule has 0 bridgehead atoms. The topological polar surface area (TPSA) is 59.6 Å². The van der Waals surface area contributed by atoms with E-state index in [0.29, 0.717) is 13.2 Å². The zero-order chi connectivity index (χ0) is 11.2. The molecule has 0 radical (unpaired) electrons. The fourth-order valence-corrected chi connectivity index (χ4v) is 2.03. The summed E-state index contributed by atoms with van der Waals surface area (Å²) in [5, 5.41) is 6.12. The van der Waals surface area contributed by atoms with Crippen LogP contribution in [0.1, 0.15) is 19.3 Å². The predicted molar refractivity (Wildman–Crippen MR) is 59.2 cm³/mol. The van der Waals surface area contributed by atoms with Crippen molar-refractivity contribution in [2.75, 3.05) is 32.8 Å². The molecule has 16 heavy (non-hydrogen) atoms. The first-order valence-electron chi connectivity index (χ1n) is 6.08. The minimum atomic E-state index is -0.245. The summed E-state index contributed by atoms with van der Waals surface area (Å²) >= 11 is 0. The number of carbonyl (C=O) groups is 1. The minimum absolute atomic E-state index is 0.00822. The highest BCUT2D eigenvalue weighted by Crippen LogP contribution is 2.12. The zero-order valence-electron chi connectivity index (χ0n) is 9.54. The Labute approximate surface area is 95.9 Å². The Hall–Kier alpha value is -0.650. The fourth-order valence-electron chi connectivity index (χ4n) is 2.03. The van der Waals surface area contributed by atoms with Crippen LogP contribution < -0.4 is 10.6 Å². The summed E-state index contributed by atoms with van der Waals surface area (Å²) in [5.41, 5.74) is 0. The molecule has 2 heterocycles. The average molecular weight is 228 g/mol. The summed E-state index contributed by atoms with van der Waals surface area (Å²) in [4.78, 5) is 11.7. The van der Waals surface area contributed by atoms with E-state index in [0.717, 1.165) is 39.0 Å². The first-order chi connectivity index (χ1) is 7.86. The highest BCUT2D eigenvalue weighted by molar-refractivity contribution is 5.80. The van der Waals surface area contributed by atoms with E-state index < -0.39 is 0 Å². The molecule has 0 aromatic heterocycles. The van der Waals surface area contributed by atoms with Crippen molar-refractivity contribution in [2.45, 2.75) is 31.5 Å². The number of morpholine rings is 1. The van der Waals surface area contributed by atoms with E-state index in [-0.39, 0.29) is 18.1 Å². The molecule has 2 aliphatic heterocycles. The van der Waals surface area contributed by atoms with E-state index in [2.05, 4.69) is 10.6 Å². The van der Waals surface area contributed by atoms with Gasteiger partial charge in [0.05, 0.1) is 12.7 Å². The summed E-state index contributed by atoms with van der Waals surface area (Å²) in [6.07, 6.45) is 2.85. The van der Waals surface area contributed by atoms with Crippen molar-refractivity contribution in [1.82, 2.24) is 10.6 Å². The molecule has 92 valence electrons. The lowest BCUT2D eigenvalue weighted by molar-refractivity contribution is -0.136. The second kappa shape index (κ2) is 6.18. The van der Waals surface area contributed by atoms with Gasteiger partial charge in [0, 0.05) is 26.2 Å². The standard InChI is InChI=1S/C11H20N2O3/c14-11(10-3-1-2-5-16-10)13-8-9-7-12-4-6-15-9/h9-10,12H,1-8H2,(H,13,14). The van der Waals surface area contributed by atoms with Gasteiger partial charge in [0.25, 0.3) is 0 Å². The zero-order valence-corrected chi connectivity index (χ0v) is 9.54. The first-order valence-corrected chi connectivity index (χ1v) is 6.08. The largest absolute Gasteiger partial charge is 0.374 e. The molecule has 2 saturated heterocycles. The fraction of sp³-hybridized carbons (Fsp3) is 0.909. The van der Waals surface area contributed by atoms with Gasteiger partial charge in [-0.2, -0.15) is 0 Å². The number of carbonyl (C=O) groups excluding carboxylic acids is 1. The van der Waals surface area contributed by atoms with Gasteiger partial charge in [-0.3, -0.25) is 4.79 Å². The van der Waals surface area contributed by atoms with E-state index in [1.165, 1.54) is 0 Å². The second-order valence-corrected chi connectivity index (χ2v) is 4.30. The summed E-state index contributed by atoms with van der Waals surface area (Å²) in [6, 6.07) is 0. The van der Waals surface area contributed by atoms with Crippen LogP contribution in [0, 0.1) is 0 Å². The van der Waals surface area contributed by atoms with Crippen molar-refractivity contribution in [3.63, 3.8) is 0 Å². The molecule has 2 unspecified atom stereocenters. The molecule has 2 atom stereocenters. The van der Waals surface area contributed by atoms with Crippen LogP contribution >= 0.6 is 0 Å². The molecule has 0 aliphatic carbocycles. The smallest absolute Gasteiger partial charge is 0.249 e. The Kier molecular flexibility index (Phi) is 4.56. The Morgan fingerprint density at radius 3 is 2.94 bits per heavy atom. The Morgan fingerprint density at radius 2 is 2.25 bits per heavy atom. The third-order valence-electron chi connectivity index (χ3n) is 2.98.